The smallest absolute Gasteiger partial charge is 0.424 e. The van der Waals surface area contributed by atoms with Crippen LogP contribution >= 0.6 is 0 Å². The molecule has 4 N–H and O–H groups in total. The van der Waals surface area contributed by atoms with Gasteiger partial charge in [0.1, 0.15) is 34.7 Å². The number of alkyl halides is 3. The van der Waals surface area contributed by atoms with Crippen molar-refractivity contribution in [2.45, 2.75) is 43.0 Å². The molecule has 1 fully saturated rings. The summed E-state index contributed by atoms with van der Waals surface area (Å²) in [6.07, 6.45) is -1.61. The Morgan fingerprint density at radius 1 is 1.06 bits per heavy atom. The molecule has 10 nitrogen and oxygen atoms in total. The van der Waals surface area contributed by atoms with Gasteiger partial charge >= 0.3 is 6.18 Å². The maximum absolute atomic E-state index is 15.0. The van der Waals surface area contributed by atoms with E-state index in [0.29, 0.717) is 16.5 Å². The van der Waals surface area contributed by atoms with E-state index in [1.807, 2.05) is 36.4 Å². The summed E-state index contributed by atoms with van der Waals surface area (Å²) in [5, 5.41) is 18.9. The van der Waals surface area contributed by atoms with E-state index in [0.717, 1.165) is 30.0 Å². The number of nitrogens with two attached hydrogens (primary N) is 1. The number of carbonyl (C=O) groups excluding carboxylic acids is 2. The first-order chi connectivity index (χ1) is 23.3. The van der Waals surface area contributed by atoms with Crippen molar-refractivity contribution in [1.29, 1.82) is 0 Å². The van der Waals surface area contributed by atoms with Crippen molar-refractivity contribution in [2.24, 2.45) is 5.73 Å². The number of benzene rings is 3. The Labute approximate surface area is 278 Å². The molecule has 3 heterocycles. The molecular weight excluding hydrogens is 639 g/mol. The Balaban J connectivity index is 1.29. The molecule has 7 rings (SSSR count). The van der Waals surface area contributed by atoms with Gasteiger partial charge < -0.3 is 25.6 Å². The zero-order valence-electron chi connectivity index (χ0n) is 26.5. The first-order valence-electron chi connectivity index (χ1n) is 15.6. The van der Waals surface area contributed by atoms with Crippen LogP contribution in [0.15, 0.2) is 79.0 Å². The Kier molecular flexibility index (Phi) is 7.62. The monoisotopic (exact) mass is 671 g/mol. The standard InChI is InChI=1S/C36H32F3N5O5/c1-34(33(40)46)19-49-31-26(34)16-28(42-30(31)22-10-6-9-21(13-22)20-7-4-3-5-8-20)35(47,36(37,38)39)18-41-32(45)23-14-24-17-44(25-11-12-25)43-29(24)27(15-23)48-2/h3-10,13-17,25,47H,11-12,18-19H2,1-2H3,(H2,40,46)(H,41,45)/t34-,35?/m0/s1. The highest BCUT2D eigenvalue weighted by Gasteiger charge is 2.57. The van der Waals surface area contributed by atoms with Gasteiger partial charge in [-0.25, -0.2) is 4.98 Å². The number of hydrogen-bond acceptors (Lipinski definition) is 7. The molecule has 1 saturated carbocycles. The number of amides is 2. The molecule has 13 heteroatoms. The van der Waals surface area contributed by atoms with E-state index in [9.17, 15) is 27.9 Å². The molecule has 1 unspecified atom stereocenters. The van der Waals surface area contributed by atoms with Crippen LogP contribution in [-0.4, -0.2) is 58.1 Å². The quantitative estimate of drug-likeness (QED) is 0.190. The van der Waals surface area contributed by atoms with Gasteiger partial charge in [-0.2, -0.15) is 18.3 Å². The van der Waals surface area contributed by atoms with Gasteiger partial charge in [0.15, 0.2) is 0 Å². The third-order valence-corrected chi connectivity index (χ3v) is 9.25. The van der Waals surface area contributed by atoms with E-state index < -0.39 is 41.2 Å². The summed E-state index contributed by atoms with van der Waals surface area (Å²) in [7, 11) is 1.41. The number of nitrogens with zero attached hydrogens (tertiary/aromatic N) is 3. The number of carbonyl (C=O) groups is 2. The lowest BCUT2D eigenvalue weighted by Gasteiger charge is -2.31. The summed E-state index contributed by atoms with van der Waals surface area (Å²) in [5.74, 6) is -1.35. The predicted octanol–water partition coefficient (Wildman–Crippen LogP) is 5.42. The zero-order chi connectivity index (χ0) is 34.7. The molecule has 2 amide bonds. The molecule has 0 bridgehead atoms. The minimum absolute atomic E-state index is 0.0132. The number of aromatic nitrogens is 3. The topological polar surface area (TPSA) is 142 Å². The van der Waals surface area contributed by atoms with Gasteiger partial charge in [-0.3, -0.25) is 14.3 Å². The first kappa shape index (κ1) is 32.1. The number of nitrogens with one attached hydrogen (secondary N) is 1. The number of primary amides is 1. The average molecular weight is 672 g/mol. The lowest BCUT2D eigenvalue weighted by molar-refractivity contribution is -0.265. The second-order valence-electron chi connectivity index (χ2n) is 12.7. The van der Waals surface area contributed by atoms with Crippen LogP contribution < -0.4 is 20.5 Å². The maximum atomic E-state index is 15.0. The first-order valence-corrected chi connectivity index (χ1v) is 15.6. The minimum atomic E-state index is -5.32. The van der Waals surface area contributed by atoms with Gasteiger partial charge in [0.05, 0.1) is 25.4 Å². The third-order valence-electron chi connectivity index (χ3n) is 9.25. The number of aliphatic hydroxyl groups is 1. The van der Waals surface area contributed by atoms with Crippen molar-refractivity contribution < 1.29 is 37.3 Å². The van der Waals surface area contributed by atoms with E-state index in [1.165, 1.54) is 26.2 Å². The molecule has 0 radical (unpaired) electrons. The fraction of sp³-hybridized carbons (Fsp3) is 0.278. The molecule has 0 saturated heterocycles. The fourth-order valence-corrected chi connectivity index (χ4v) is 6.05. The predicted molar refractivity (Wildman–Crippen MR) is 174 cm³/mol. The SMILES string of the molecule is COc1cc(C(=O)NCC(O)(c2cc3c(c(-c4cccc(-c5ccccc5)c4)n2)OC[C@]3(C)C(N)=O)C(F)(F)F)cc2cn(C3CC3)nc12. The molecule has 2 atom stereocenters. The van der Waals surface area contributed by atoms with Crippen LogP contribution in [0.3, 0.4) is 0 Å². The highest BCUT2D eigenvalue weighted by Crippen LogP contribution is 2.48. The van der Waals surface area contributed by atoms with Gasteiger partial charge in [0.2, 0.25) is 11.5 Å². The lowest BCUT2D eigenvalue weighted by Crippen LogP contribution is -2.51. The normalized spacial score (nSPS) is 18.4. The van der Waals surface area contributed by atoms with Crippen LogP contribution in [-0.2, 0) is 15.8 Å². The second kappa shape index (κ2) is 11.6. The fourth-order valence-electron chi connectivity index (χ4n) is 6.05. The molecule has 3 aromatic carbocycles. The van der Waals surface area contributed by atoms with Gasteiger partial charge in [0.25, 0.3) is 5.91 Å². The number of methoxy groups -OCH3 is 1. The summed E-state index contributed by atoms with van der Waals surface area (Å²) in [4.78, 5) is 30.4. The van der Waals surface area contributed by atoms with E-state index in [4.69, 9.17) is 15.2 Å². The molecule has 49 heavy (non-hydrogen) atoms. The molecule has 5 aromatic rings. The molecular formula is C36H32F3N5O5. The van der Waals surface area contributed by atoms with Gasteiger partial charge in [0, 0.05) is 28.3 Å². The minimum Gasteiger partial charge on any atom is -0.494 e. The summed E-state index contributed by atoms with van der Waals surface area (Å²) in [6.45, 7) is -0.0735. The van der Waals surface area contributed by atoms with Crippen molar-refractivity contribution in [2.75, 3.05) is 20.3 Å². The summed E-state index contributed by atoms with van der Waals surface area (Å²) >= 11 is 0. The third kappa shape index (κ3) is 5.53. The summed E-state index contributed by atoms with van der Waals surface area (Å²) in [6, 6.07) is 20.4. The van der Waals surface area contributed by atoms with Crippen molar-refractivity contribution in [1.82, 2.24) is 20.1 Å². The number of halogens is 3. The van der Waals surface area contributed by atoms with Gasteiger partial charge in [-0.15, -0.1) is 0 Å². The van der Waals surface area contributed by atoms with Crippen LogP contribution in [0.4, 0.5) is 13.2 Å². The number of pyridine rings is 1. The van der Waals surface area contributed by atoms with E-state index in [-0.39, 0.29) is 41.0 Å². The number of ether oxygens (including phenoxy) is 2. The number of fused-ring (bicyclic) bond motifs is 2. The molecule has 2 aliphatic rings. The Morgan fingerprint density at radius 2 is 1.78 bits per heavy atom. The molecule has 2 aromatic heterocycles. The van der Waals surface area contributed by atoms with Crippen LogP contribution in [0.2, 0.25) is 0 Å². The summed E-state index contributed by atoms with van der Waals surface area (Å²) < 4.78 is 58.0. The van der Waals surface area contributed by atoms with Crippen molar-refractivity contribution in [3.63, 3.8) is 0 Å². The summed E-state index contributed by atoms with van der Waals surface area (Å²) in [5.41, 5.74) is 2.23. The van der Waals surface area contributed by atoms with Gasteiger partial charge in [-0.05, 0) is 55.2 Å². The molecule has 1 aliphatic carbocycles. The van der Waals surface area contributed by atoms with Crippen LogP contribution in [0.5, 0.6) is 11.5 Å². The van der Waals surface area contributed by atoms with E-state index in [2.05, 4.69) is 15.4 Å². The molecule has 1 aliphatic heterocycles. The average Bonchev–Trinajstić information content (AvgIpc) is 3.76. The second-order valence-corrected chi connectivity index (χ2v) is 12.7. The zero-order valence-corrected chi connectivity index (χ0v) is 26.5. The van der Waals surface area contributed by atoms with Crippen molar-refractivity contribution in [3.8, 4) is 33.9 Å². The molecule has 252 valence electrons. The van der Waals surface area contributed by atoms with Crippen LogP contribution in [0.1, 0.15) is 47.4 Å². The Bertz CT molecular complexity index is 2110. The Morgan fingerprint density at radius 3 is 2.45 bits per heavy atom. The van der Waals surface area contributed by atoms with E-state index in [1.54, 1.807) is 29.1 Å². The van der Waals surface area contributed by atoms with E-state index >= 15 is 0 Å². The number of rotatable bonds is 9. The lowest BCUT2D eigenvalue weighted by atomic mass is 9.81. The highest BCUT2D eigenvalue weighted by molar-refractivity contribution is 6.00. The Hall–Kier alpha value is -5.43. The molecule has 0 spiro atoms. The maximum Gasteiger partial charge on any atom is 0.424 e. The van der Waals surface area contributed by atoms with Crippen LogP contribution in [0.25, 0.3) is 33.3 Å². The largest absolute Gasteiger partial charge is 0.494 e. The van der Waals surface area contributed by atoms with Crippen molar-refractivity contribution >= 4 is 22.7 Å². The number of hydrogen-bond donors (Lipinski definition) is 3. The van der Waals surface area contributed by atoms with Crippen molar-refractivity contribution in [3.05, 3.63) is 95.8 Å². The van der Waals surface area contributed by atoms with Crippen LogP contribution in [0, 0.1) is 0 Å². The highest BCUT2D eigenvalue weighted by atomic mass is 19.4. The van der Waals surface area contributed by atoms with Gasteiger partial charge in [-0.1, -0.05) is 48.5 Å².